The Kier molecular flexibility index (Phi) is 12.9. The fourth-order valence-corrected chi connectivity index (χ4v) is 8.16. The summed E-state index contributed by atoms with van der Waals surface area (Å²) >= 11 is 0. The van der Waals surface area contributed by atoms with Gasteiger partial charge in [0, 0.05) is 55.4 Å². The number of ether oxygens (including phenoxy) is 2. The molecule has 2 bridgehead atoms. The number of amides is 2. The molecule has 1 aliphatic heterocycles. The fraction of sp³-hybridized carbons (Fsp3) is 0.657. The number of benzene rings is 1. The molecule has 11 heteroatoms. The molecule has 2 amide bonds. The second kappa shape index (κ2) is 16.4. The van der Waals surface area contributed by atoms with Gasteiger partial charge < -0.3 is 19.3 Å². The van der Waals surface area contributed by atoms with Crippen molar-refractivity contribution in [3.63, 3.8) is 0 Å². The molecule has 0 spiro atoms. The molecule has 1 heterocycles. The Balaban J connectivity index is 1.71. The van der Waals surface area contributed by atoms with Gasteiger partial charge in [-0.15, -0.1) is 0 Å². The van der Waals surface area contributed by atoms with Crippen molar-refractivity contribution in [1.29, 1.82) is 0 Å². The number of nitrogens with zero attached hydrogens (tertiary/aromatic N) is 3. The van der Waals surface area contributed by atoms with Crippen molar-refractivity contribution in [2.45, 2.75) is 97.4 Å². The molecular weight excluding hydrogens is 604 g/mol. The molecule has 3 atom stereocenters. The van der Waals surface area contributed by atoms with Crippen LogP contribution in [0.4, 0.5) is 5.69 Å². The van der Waals surface area contributed by atoms with Crippen LogP contribution in [-0.2, 0) is 30.9 Å². The predicted octanol–water partition coefficient (Wildman–Crippen LogP) is 4.71. The zero-order chi connectivity index (χ0) is 33.4. The molecule has 46 heavy (non-hydrogen) atoms. The number of anilines is 1. The first-order valence-corrected chi connectivity index (χ1v) is 18.4. The van der Waals surface area contributed by atoms with E-state index in [1.165, 1.54) is 36.4 Å². The molecule has 1 unspecified atom stereocenters. The Morgan fingerprint density at radius 2 is 1.65 bits per heavy atom. The fourth-order valence-electron chi connectivity index (χ4n) is 6.82. The summed E-state index contributed by atoms with van der Waals surface area (Å²) in [6, 6.07) is 5.02. The van der Waals surface area contributed by atoms with E-state index in [1.54, 1.807) is 24.8 Å². The minimum Gasteiger partial charge on any atom is -0.378 e. The van der Waals surface area contributed by atoms with Crippen molar-refractivity contribution in [2.75, 3.05) is 44.9 Å². The summed E-state index contributed by atoms with van der Waals surface area (Å²) in [5, 5.41) is 0. The Morgan fingerprint density at radius 1 is 0.957 bits per heavy atom. The number of carbonyl (C=O) groups is 2. The second-order valence-electron chi connectivity index (χ2n) is 13.5. The third-order valence-electron chi connectivity index (χ3n) is 9.64. The summed E-state index contributed by atoms with van der Waals surface area (Å²) in [6.07, 6.45) is 14.7. The van der Waals surface area contributed by atoms with Crippen LogP contribution in [0.15, 0.2) is 42.5 Å². The molecule has 1 fully saturated rings. The van der Waals surface area contributed by atoms with E-state index in [-0.39, 0.29) is 61.9 Å². The predicted molar refractivity (Wildman–Crippen MR) is 182 cm³/mol. The maximum Gasteiger partial charge on any atom is 0.304 e. The number of fused-ring (bicyclic) bond motifs is 3. The Bertz CT molecular complexity index is 1350. The van der Waals surface area contributed by atoms with Crippen molar-refractivity contribution in [3.8, 4) is 0 Å². The quantitative estimate of drug-likeness (QED) is 0.499. The Morgan fingerprint density at radius 3 is 2.35 bits per heavy atom. The van der Waals surface area contributed by atoms with Crippen LogP contribution in [0.1, 0.15) is 82.6 Å². The number of hydrogen-bond acceptors (Lipinski definition) is 7. The molecule has 1 aromatic carbocycles. The van der Waals surface area contributed by atoms with E-state index in [1.807, 2.05) is 51.3 Å². The van der Waals surface area contributed by atoms with Crippen LogP contribution in [-0.4, -0.2) is 93.6 Å². The first kappa shape index (κ1) is 36.1. The monoisotopic (exact) mass is 658 g/mol. The van der Waals surface area contributed by atoms with Gasteiger partial charge in [-0.05, 0) is 64.7 Å². The van der Waals surface area contributed by atoms with E-state index in [0.717, 1.165) is 17.7 Å². The van der Waals surface area contributed by atoms with Gasteiger partial charge in [0.1, 0.15) is 6.61 Å². The molecule has 0 aromatic heterocycles. The van der Waals surface area contributed by atoms with Crippen molar-refractivity contribution in [1.82, 2.24) is 13.9 Å². The molecule has 256 valence electrons. The van der Waals surface area contributed by atoms with Crippen LogP contribution in [0, 0.1) is 11.8 Å². The minimum absolute atomic E-state index is 0.0576. The summed E-state index contributed by atoms with van der Waals surface area (Å²) < 4.78 is 42.5. The van der Waals surface area contributed by atoms with Gasteiger partial charge in [-0.25, -0.2) is 4.72 Å². The van der Waals surface area contributed by atoms with Crippen LogP contribution in [0.5, 0.6) is 0 Å². The standard InChI is InChI=1S/C35H54N4O6S/c1-25(2)38-18-20-44-21-19-39(26(3)4)46(42,43)36-35(41)30-17-16-29(22-28-12-8-7-9-13-28)32(23-30)37(6)27(5)31-14-10-11-15-33(31)45-24-34(38)40/h10-11,14-17,23,25-28,31,33H,7-9,12-13,18-22,24H2,1-6H3,(H,36,41)/t27-,31+,33?/m0/s1. The Labute approximate surface area is 276 Å². The zero-order valence-corrected chi connectivity index (χ0v) is 29.3. The highest BCUT2D eigenvalue weighted by Gasteiger charge is 2.32. The van der Waals surface area contributed by atoms with E-state index < -0.39 is 22.2 Å². The lowest BCUT2D eigenvalue weighted by Gasteiger charge is -2.38. The van der Waals surface area contributed by atoms with Gasteiger partial charge >= 0.3 is 10.2 Å². The number of carbonyl (C=O) groups excluding carboxylic acids is 2. The van der Waals surface area contributed by atoms with Gasteiger partial charge in [0.2, 0.25) is 5.91 Å². The molecule has 2 aliphatic carbocycles. The van der Waals surface area contributed by atoms with Gasteiger partial charge in [0.15, 0.2) is 0 Å². The summed E-state index contributed by atoms with van der Waals surface area (Å²) in [5.41, 5.74) is 2.32. The maximum atomic E-state index is 13.5. The molecule has 1 aromatic rings. The highest BCUT2D eigenvalue weighted by atomic mass is 32.2. The van der Waals surface area contributed by atoms with Crippen LogP contribution < -0.4 is 9.62 Å². The van der Waals surface area contributed by atoms with E-state index in [4.69, 9.17) is 9.47 Å². The average Bonchev–Trinajstić information content (AvgIpc) is 3.02. The second-order valence-corrected chi connectivity index (χ2v) is 15.1. The van der Waals surface area contributed by atoms with Gasteiger partial charge in [0.25, 0.3) is 5.91 Å². The SMILES string of the molecule is CC(C)N1CCOCCN(C(C)C)S(=O)(=O)NC(=O)c2ccc(CC3CCCCC3)c(c2)N(C)[C@@H](C)[C@H]2C=CC=CC2OCC1=O. The normalized spacial score (nSPS) is 26.3. The van der Waals surface area contributed by atoms with E-state index in [2.05, 4.69) is 22.6 Å². The number of nitrogens with one attached hydrogen (secondary N) is 1. The summed E-state index contributed by atoms with van der Waals surface area (Å²) in [6.45, 7) is 10.3. The zero-order valence-electron chi connectivity index (χ0n) is 28.5. The van der Waals surface area contributed by atoms with Crippen molar-refractivity contribution < 1.29 is 27.5 Å². The molecule has 0 saturated heterocycles. The highest BCUT2D eigenvalue weighted by Crippen LogP contribution is 2.34. The lowest BCUT2D eigenvalue weighted by molar-refractivity contribution is -0.140. The largest absolute Gasteiger partial charge is 0.378 e. The van der Waals surface area contributed by atoms with Crippen LogP contribution in [0.3, 0.4) is 0 Å². The first-order chi connectivity index (χ1) is 21.9. The molecule has 0 radical (unpaired) electrons. The number of hydrogen-bond donors (Lipinski definition) is 1. The topological polar surface area (TPSA) is 108 Å². The van der Waals surface area contributed by atoms with Crippen LogP contribution in [0.25, 0.3) is 0 Å². The van der Waals surface area contributed by atoms with Gasteiger partial charge in [-0.3, -0.25) is 9.59 Å². The van der Waals surface area contributed by atoms with E-state index in [9.17, 15) is 18.0 Å². The lowest BCUT2D eigenvalue weighted by Crippen LogP contribution is -2.48. The smallest absolute Gasteiger partial charge is 0.304 e. The van der Waals surface area contributed by atoms with Gasteiger partial charge in [-0.2, -0.15) is 12.7 Å². The number of rotatable bonds is 4. The molecule has 10 nitrogen and oxygen atoms in total. The number of allylic oxidation sites excluding steroid dienone is 2. The van der Waals surface area contributed by atoms with Gasteiger partial charge in [0.05, 0.1) is 19.3 Å². The minimum atomic E-state index is -4.15. The van der Waals surface area contributed by atoms with Crippen LogP contribution >= 0.6 is 0 Å². The summed E-state index contributed by atoms with van der Waals surface area (Å²) in [7, 11) is -2.14. The maximum absolute atomic E-state index is 13.5. The third kappa shape index (κ3) is 9.20. The lowest BCUT2D eigenvalue weighted by atomic mass is 9.83. The van der Waals surface area contributed by atoms with Crippen molar-refractivity contribution in [3.05, 3.63) is 53.6 Å². The molecule has 4 rings (SSSR count). The summed E-state index contributed by atoms with van der Waals surface area (Å²) in [5.74, 6) is -0.281. The average molecular weight is 659 g/mol. The third-order valence-corrected chi connectivity index (χ3v) is 11.3. The van der Waals surface area contributed by atoms with Crippen molar-refractivity contribution >= 4 is 27.7 Å². The molecular formula is C35H54N4O6S. The molecule has 1 N–H and O–H groups in total. The molecule has 1 saturated carbocycles. The van der Waals surface area contributed by atoms with Crippen LogP contribution in [0.2, 0.25) is 0 Å². The summed E-state index contributed by atoms with van der Waals surface area (Å²) in [4.78, 5) is 30.8. The Hall–Kier alpha value is -2.73. The molecule has 3 aliphatic rings. The van der Waals surface area contributed by atoms with E-state index >= 15 is 0 Å². The van der Waals surface area contributed by atoms with Crippen molar-refractivity contribution in [2.24, 2.45) is 11.8 Å². The van der Waals surface area contributed by atoms with E-state index in [0.29, 0.717) is 12.5 Å². The first-order valence-electron chi connectivity index (χ1n) is 16.9. The van der Waals surface area contributed by atoms with Gasteiger partial charge in [-0.1, -0.05) is 62.5 Å². The highest BCUT2D eigenvalue weighted by molar-refractivity contribution is 7.87.